The molecule has 3 nitrogen and oxygen atoms in total. The van der Waals surface area contributed by atoms with Crippen LogP contribution in [0.15, 0.2) is 41.2 Å². The van der Waals surface area contributed by atoms with E-state index in [2.05, 4.69) is 45.1 Å². The summed E-state index contributed by atoms with van der Waals surface area (Å²) in [7, 11) is 0. The van der Waals surface area contributed by atoms with Crippen molar-refractivity contribution in [3.8, 4) is 0 Å². The summed E-state index contributed by atoms with van der Waals surface area (Å²) in [5.41, 5.74) is 0. The second-order valence-corrected chi connectivity index (χ2v) is 5.59. The second kappa shape index (κ2) is 3.99. The molecule has 16 heavy (non-hydrogen) atoms. The monoisotopic (exact) mass is 249 g/mol. The fourth-order valence-corrected chi connectivity index (χ4v) is 3.29. The van der Waals surface area contributed by atoms with Gasteiger partial charge >= 0.3 is 0 Å². The maximum atomic E-state index is 4.46. The molecule has 0 aliphatic carbocycles. The number of imidazole rings is 1. The van der Waals surface area contributed by atoms with Crippen molar-refractivity contribution in [2.24, 2.45) is 0 Å². The lowest BCUT2D eigenvalue weighted by molar-refractivity contribution is 1.05. The van der Waals surface area contributed by atoms with Gasteiger partial charge in [0.15, 0.2) is 5.82 Å². The minimum Gasteiger partial charge on any atom is -0.327 e. The first kappa shape index (κ1) is 9.99. The maximum absolute atomic E-state index is 4.46. The van der Waals surface area contributed by atoms with Crippen molar-refractivity contribution in [3.05, 3.63) is 37.0 Å². The molecule has 0 bridgehead atoms. The fraction of sp³-hybridized carbons (Fsp3) is 0.182. The number of thioether (sulfide) groups is 1. The van der Waals surface area contributed by atoms with E-state index in [4.69, 9.17) is 0 Å². The first-order valence-corrected chi connectivity index (χ1v) is 7.03. The minimum atomic E-state index is 0.898. The predicted octanol–water partition coefficient (Wildman–Crippen LogP) is 3.01. The molecule has 0 saturated carbocycles. The number of allylic oxidation sites excluding steroid dienone is 2. The van der Waals surface area contributed by atoms with E-state index in [0.717, 1.165) is 12.4 Å². The smallest absolute Gasteiger partial charge is 0.169 e. The van der Waals surface area contributed by atoms with Gasteiger partial charge in [0.2, 0.25) is 0 Å². The molecule has 1 aliphatic heterocycles. The molecule has 0 atom stereocenters. The van der Waals surface area contributed by atoms with E-state index >= 15 is 0 Å². The van der Waals surface area contributed by atoms with Crippen molar-refractivity contribution in [1.29, 1.82) is 0 Å². The predicted molar refractivity (Wildman–Crippen MR) is 70.5 cm³/mol. The van der Waals surface area contributed by atoms with Gasteiger partial charge in [0.1, 0.15) is 11.2 Å². The molecule has 0 spiro atoms. The summed E-state index contributed by atoms with van der Waals surface area (Å²) in [6, 6.07) is 0. The zero-order chi connectivity index (χ0) is 11.0. The highest BCUT2D eigenvalue weighted by Crippen LogP contribution is 2.32. The first-order valence-electron chi connectivity index (χ1n) is 4.99. The molecule has 5 heteroatoms. The molecule has 0 saturated heterocycles. The summed E-state index contributed by atoms with van der Waals surface area (Å²) in [5, 5.41) is 0. The van der Waals surface area contributed by atoms with Crippen LogP contribution in [0, 0.1) is 0 Å². The molecule has 2 aromatic heterocycles. The number of hydrogen-bond acceptors (Lipinski definition) is 4. The summed E-state index contributed by atoms with van der Waals surface area (Å²) in [6.07, 6.45) is 14.4. The van der Waals surface area contributed by atoms with Crippen molar-refractivity contribution >= 4 is 33.7 Å². The van der Waals surface area contributed by atoms with Crippen molar-refractivity contribution in [2.75, 3.05) is 17.7 Å². The molecule has 0 N–H and O–H groups in total. The van der Waals surface area contributed by atoms with Crippen LogP contribution in [-0.2, 0) is 0 Å². The average molecular weight is 249 g/mol. The number of nitrogens with zero attached hydrogens (tertiary/aromatic N) is 3. The highest BCUT2D eigenvalue weighted by Gasteiger charge is 2.13. The number of rotatable bonds is 2. The van der Waals surface area contributed by atoms with Crippen LogP contribution < -0.4 is 4.90 Å². The quantitative estimate of drug-likeness (QED) is 0.763. The van der Waals surface area contributed by atoms with Gasteiger partial charge in [-0.15, -0.1) is 23.1 Å². The maximum Gasteiger partial charge on any atom is 0.169 e. The van der Waals surface area contributed by atoms with Gasteiger partial charge in [-0.25, -0.2) is 4.98 Å². The van der Waals surface area contributed by atoms with Gasteiger partial charge in [-0.1, -0.05) is 12.2 Å². The molecule has 2 aromatic rings. The number of thiazole rings is 1. The minimum absolute atomic E-state index is 0.898. The highest BCUT2D eigenvalue weighted by atomic mass is 32.2. The fourth-order valence-electron chi connectivity index (χ4n) is 1.68. The topological polar surface area (TPSA) is 20.5 Å². The SMILES string of the molecule is CSc1cn2cnc(N3C=CC=CC3)c2s1. The number of fused-ring (bicyclic) bond motifs is 1. The molecule has 1 aliphatic rings. The van der Waals surface area contributed by atoms with Gasteiger partial charge < -0.3 is 4.90 Å². The number of anilines is 1. The normalized spacial score (nSPS) is 15.2. The van der Waals surface area contributed by atoms with E-state index in [0.29, 0.717) is 0 Å². The molecule has 0 fully saturated rings. The van der Waals surface area contributed by atoms with Crippen molar-refractivity contribution in [1.82, 2.24) is 9.38 Å². The van der Waals surface area contributed by atoms with Crippen LogP contribution in [0.3, 0.4) is 0 Å². The van der Waals surface area contributed by atoms with Crippen molar-refractivity contribution in [2.45, 2.75) is 4.21 Å². The average Bonchev–Trinajstić information content (AvgIpc) is 2.88. The van der Waals surface area contributed by atoms with Gasteiger partial charge in [-0.05, 0) is 12.3 Å². The van der Waals surface area contributed by atoms with E-state index < -0.39 is 0 Å². The van der Waals surface area contributed by atoms with Crippen LogP contribution in [0.5, 0.6) is 0 Å². The Balaban J connectivity index is 2.05. The Morgan fingerprint density at radius 2 is 2.38 bits per heavy atom. The molecule has 0 radical (unpaired) electrons. The van der Waals surface area contributed by atoms with E-state index in [1.165, 1.54) is 9.04 Å². The Bertz CT molecular complexity index is 565. The van der Waals surface area contributed by atoms with E-state index in [1.54, 1.807) is 23.1 Å². The Morgan fingerprint density at radius 1 is 1.44 bits per heavy atom. The molecule has 0 aromatic carbocycles. The lowest BCUT2D eigenvalue weighted by Gasteiger charge is -2.17. The van der Waals surface area contributed by atoms with Gasteiger partial charge in [0, 0.05) is 18.9 Å². The highest BCUT2D eigenvalue weighted by molar-refractivity contribution is 8.00. The third-order valence-corrected chi connectivity index (χ3v) is 4.61. The van der Waals surface area contributed by atoms with Crippen LogP contribution in [0.4, 0.5) is 5.82 Å². The zero-order valence-corrected chi connectivity index (χ0v) is 10.5. The number of aromatic nitrogens is 2. The molecule has 82 valence electrons. The third-order valence-electron chi connectivity index (χ3n) is 2.46. The van der Waals surface area contributed by atoms with E-state index in [-0.39, 0.29) is 0 Å². The molecule has 3 rings (SSSR count). The molecular formula is C11H11N3S2. The van der Waals surface area contributed by atoms with E-state index in [9.17, 15) is 0 Å². The summed E-state index contributed by atoms with van der Waals surface area (Å²) in [5.74, 6) is 1.05. The van der Waals surface area contributed by atoms with Crippen LogP contribution in [0.2, 0.25) is 0 Å². The lowest BCUT2D eigenvalue weighted by atomic mass is 10.3. The Morgan fingerprint density at radius 3 is 3.12 bits per heavy atom. The van der Waals surface area contributed by atoms with Crippen LogP contribution in [0.25, 0.3) is 4.83 Å². The van der Waals surface area contributed by atoms with E-state index in [1.807, 2.05) is 12.4 Å². The van der Waals surface area contributed by atoms with Crippen molar-refractivity contribution in [3.63, 3.8) is 0 Å². The van der Waals surface area contributed by atoms with Gasteiger partial charge in [-0.3, -0.25) is 4.40 Å². The largest absolute Gasteiger partial charge is 0.327 e. The number of hydrogen-bond donors (Lipinski definition) is 0. The summed E-state index contributed by atoms with van der Waals surface area (Å²) < 4.78 is 3.41. The van der Waals surface area contributed by atoms with Crippen LogP contribution >= 0.6 is 23.1 Å². The zero-order valence-electron chi connectivity index (χ0n) is 8.83. The van der Waals surface area contributed by atoms with Crippen LogP contribution in [0.1, 0.15) is 0 Å². The van der Waals surface area contributed by atoms with Gasteiger partial charge in [0.05, 0.1) is 4.21 Å². The molecular weight excluding hydrogens is 238 g/mol. The summed E-state index contributed by atoms with van der Waals surface area (Å²) in [6.45, 7) is 0.898. The summed E-state index contributed by atoms with van der Waals surface area (Å²) >= 11 is 3.56. The van der Waals surface area contributed by atoms with Gasteiger partial charge in [0.25, 0.3) is 0 Å². The van der Waals surface area contributed by atoms with Crippen molar-refractivity contribution < 1.29 is 0 Å². The van der Waals surface area contributed by atoms with Crippen LogP contribution in [-0.4, -0.2) is 22.2 Å². The lowest BCUT2D eigenvalue weighted by Crippen LogP contribution is -2.17. The third kappa shape index (κ3) is 1.56. The first-order chi connectivity index (χ1) is 7.88. The Hall–Kier alpha value is -1.20. The van der Waals surface area contributed by atoms with Gasteiger partial charge in [-0.2, -0.15) is 0 Å². The summed E-state index contributed by atoms with van der Waals surface area (Å²) in [4.78, 5) is 7.83. The Kier molecular flexibility index (Phi) is 2.49. The molecule has 0 amide bonds. The Labute approximate surface area is 102 Å². The standard InChI is InChI=1S/C11H11N3S2/c1-15-9-7-14-8-12-10(11(14)16-9)13-5-3-2-4-6-13/h2-5,7-8H,6H2,1H3. The molecule has 0 unspecified atom stereocenters. The molecule has 3 heterocycles. The second-order valence-electron chi connectivity index (χ2n) is 3.46.